The highest BCUT2D eigenvalue weighted by atomic mass is 16.4. The summed E-state index contributed by atoms with van der Waals surface area (Å²) >= 11 is 0. The first-order valence-corrected chi connectivity index (χ1v) is 4.64. The second-order valence-corrected chi connectivity index (χ2v) is 3.53. The van der Waals surface area contributed by atoms with E-state index in [4.69, 9.17) is 5.11 Å². The monoisotopic (exact) mass is 196 g/mol. The Morgan fingerprint density at radius 2 is 2.36 bits per heavy atom. The zero-order valence-electron chi connectivity index (χ0n) is 7.66. The summed E-state index contributed by atoms with van der Waals surface area (Å²) < 4.78 is 0. The molecule has 1 aromatic heterocycles. The highest BCUT2D eigenvalue weighted by Crippen LogP contribution is 2.27. The average Bonchev–Trinajstić information content (AvgIpc) is 2.59. The van der Waals surface area contributed by atoms with Crippen LogP contribution in [-0.4, -0.2) is 26.4 Å². The van der Waals surface area contributed by atoms with Crippen molar-refractivity contribution in [1.82, 2.24) is 10.2 Å². The summed E-state index contributed by atoms with van der Waals surface area (Å²) in [5.41, 5.74) is 2.57. The van der Waals surface area contributed by atoms with E-state index in [1.54, 1.807) is 0 Å². The Kier molecular flexibility index (Phi) is 2.25. The maximum atomic E-state index is 10.4. The number of aromatic amines is 1. The highest BCUT2D eigenvalue weighted by Gasteiger charge is 2.24. The number of aliphatic hydroxyl groups excluding tert-OH is 1. The normalized spacial score (nSPS) is 16.6. The molecule has 1 aliphatic rings. The molecule has 1 aliphatic carbocycles. The molecule has 76 valence electrons. The highest BCUT2D eigenvalue weighted by molar-refractivity contribution is 5.67. The van der Waals surface area contributed by atoms with Crippen LogP contribution in [0.3, 0.4) is 0 Å². The predicted molar refractivity (Wildman–Crippen MR) is 47.8 cm³/mol. The molecule has 0 spiro atoms. The van der Waals surface area contributed by atoms with E-state index < -0.39 is 12.1 Å². The molecule has 0 unspecified atom stereocenters. The molecule has 2 rings (SSSR count). The van der Waals surface area contributed by atoms with Gasteiger partial charge in [-0.2, -0.15) is 5.10 Å². The van der Waals surface area contributed by atoms with Crippen molar-refractivity contribution >= 4 is 5.97 Å². The lowest BCUT2D eigenvalue weighted by atomic mass is 10.1. The lowest BCUT2D eigenvalue weighted by Crippen LogP contribution is -2.07. The number of hydrogen-bond donors (Lipinski definition) is 3. The molecule has 3 N–H and O–H groups in total. The number of nitrogens with one attached hydrogen (secondary N) is 1. The van der Waals surface area contributed by atoms with Crippen molar-refractivity contribution in [2.24, 2.45) is 0 Å². The first-order chi connectivity index (χ1) is 6.68. The third-order valence-electron chi connectivity index (χ3n) is 2.52. The molecule has 0 aromatic carbocycles. The fraction of sp³-hybridized carbons (Fsp3) is 0.556. The number of hydrogen-bond acceptors (Lipinski definition) is 3. The number of carboxylic acid groups (broad SMARTS) is 1. The van der Waals surface area contributed by atoms with E-state index in [-0.39, 0.29) is 6.42 Å². The van der Waals surface area contributed by atoms with Gasteiger partial charge in [-0.1, -0.05) is 0 Å². The summed E-state index contributed by atoms with van der Waals surface area (Å²) in [4.78, 5) is 10.4. The molecule has 14 heavy (non-hydrogen) atoms. The Hall–Kier alpha value is -1.36. The smallest absolute Gasteiger partial charge is 0.306 e. The van der Waals surface area contributed by atoms with Gasteiger partial charge < -0.3 is 10.2 Å². The standard InChI is InChI=1S/C9H12N2O3/c12-7(4-8(13)14)9-5-2-1-3-6(5)10-11-9/h7,12H,1-4H2,(H,10,11)(H,13,14)/t7-/m0/s1. The first-order valence-electron chi connectivity index (χ1n) is 4.64. The van der Waals surface area contributed by atoms with Crippen LogP contribution in [0.15, 0.2) is 0 Å². The number of fused-ring (bicyclic) bond motifs is 1. The Balaban J connectivity index is 2.19. The van der Waals surface area contributed by atoms with Crippen molar-refractivity contribution in [2.45, 2.75) is 31.8 Å². The topological polar surface area (TPSA) is 86.2 Å². The summed E-state index contributed by atoms with van der Waals surface area (Å²) in [6, 6.07) is 0. The number of nitrogens with zero attached hydrogens (tertiary/aromatic N) is 1. The molecule has 0 amide bonds. The number of aromatic nitrogens is 2. The van der Waals surface area contributed by atoms with Crippen LogP contribution in [0.5, 0.6) is 0 Å². The van der Waals surface area contributed by atoms with Crippen molar-refractivity contribution in [3.63, 3.8) is 0 Å². The Labute approximate surface area is 80.8 Å². The van der Waals surface area contributed by atoms with E-state index >= 15 is 0 Å². The van der Waals surface area contributed by atoms with Crippen LogP contribution in [0.2, 0.25) is 0 Å². The Morgan fingerprint density at radius 3 is 3.07 bits per heavy atom. The first kappa shape index (κ1) is 9.21. The van der Waals surface area contributed by atoms with E-state index in [2.05, 4.69) is 10.2 Å². The van der Waals surface area contributed by atoms with E-state index in [0.717, 1.165) is 30.5 Å². The summed E-state index contributed by atoms with van der Waals surface area (Å²) in [6.45, 7) is 0. The Bertz CT molecular complexity index is 359. The predicted octanol–water partition coefficient (Wildman–Crippen LogP) is 0.406. The fourth-order valence-electron chi connectivity index (χ4n) is 1.88. The summed E-state index contributed by atoms with van der Waals surface area (Å²) in [6.07, 6.45) is 1.62. The number of aliphatic hydroxyl groups is 1. The van der Waals surface area contributed by atoms with E-state index in [0.29, 0.717) is 5.69 Å². The van der Waals surface area contributed by atoms with Gasteiger partial charge in [-0.05, 0) is 24.8 Å². The van der Waals surface area contributed by atoms with Gasteiger partial charge in [0.2, 0.25) is 0 Å². The van der Waals surface area contributed by atoms with Gasteiger partial charge in [0, 0.05) is 5.69 Å². The summed E-state index contributed by atoms with van der Waals surface area (Å²) in [5, 5.41) is 24.9. The maximum Gasteiger partial charge on any atom is 0.306 e. The zero-order valence-corrected chi connectivity index (χ0v) is 7.66. The molecule has 1 heterocycles. The SMILES string of the molecule is O=C(O)C[C@H](O)c1n[nH]c2c1CCC2. The quantitative estimate of drug-likeness (QED) is 0.653. The second-order valence-electron chi connectivity index (χ2n) is 3.53. The van der Waals surface area contributed by atoms with Crippen LogP contribution in [0.1, 0.15) is 35.9 Å². The van der Waals surface area contributed by atoms with Crippen LogP contribution >= 0.6 is 0 Å². The van der Waals surface area contributed by atoms with Gasteiger partial charge in [-0.15, -0.1) is 0 Å². The molecule has 0 saturated heterocycles. The molecule has 0 fully saturated rings. The van der Waals surface area contributed by atoms with Crippen LogP contribution in [-0.2, 0) is 17.6 Å². The van der Waals surface area contributed by atoms with Crippen molar-refractivity contribution in [1.29, 1.82) is 0 Å². The Morgan fingerprint density at radius 1 is 1.57 bits per heavy atom. The van der Waals surface area contributed by atoms with Gasteiger partial charge in [0.05, 0.1) is 12.1 Å². The third kappa shape index (κ3) is 1.50. The average molecular weight is 196 g/mol. The maximum absolute atomic E-state index is 10.4. The van der Waals surface area contributed by atoms with Crippen LogP contribution in [0.4, 0.5) is 0 Å². The summed E-state index contributed by atoms with van der Waals surface area (Å²) in [5.74, 6) is -1.01. The second kappa shape index (κ2) is 3.42. The molecule has 1 aromatic rings. The zero-order chi connectivity index (χ0) is 10.1. The number of aryl methyl sites for hydroxylation is 1. The lowest BCUT2D eigenvalue weighted by molar-refractivity contribution is -0.139. The minimum atomic E-state index is -1.01. The molecule has 0 bridgehead atoms. The minimum Gasteiger partial charge on any atom is -0.481 e. The summed E-state index contributed by atoms with van der Waals surface area (Å²) in [7, 11) is 0. The number of rotatable bonds is 3. The molecule has 0 saturated carbocycles. The van der Waals surface area contributed by atoms with Gasteiger partial charge in [-0.3, -0.25) is 9.89 Å². The van der Waals surface area contributed by atoms with E-state index in [1.807, 2.05) is 0 Å². The molecule has 0 radical (unpaired) electrons. The number of carboxylic acids is 1. The molecule has 5 heteroatoms. The van der Waals surface area contributed by atoms with Gasteiger partial charge >= 0.3 is 5.97 Å². The van der Waals surface area contributed by atoms with Crippen LogP contribution in [0, 0.1) is 0 Å². The van der Waals surface area contributed by atoms with Crippen LogP contribution in [0.25, 0.3) is 0 Å². The fourth-order valence-corrected chi connectivity index (χ4v) is 1.88. The molecule has 5 nitrogen and oxygen atoms in total. The number of H-pyrrole nitrogens is 1. The van der Waals surface area contributed by atoms with Gasteiger partial charge in [0.1, 0.15) is 6.10 Å². The van der Waals surface area contributed by atoms with Gasteiger partial charge in [0.15, 0.2) is 0 Å². The van der Waals surface area contributed by atoms with Crippen LogP contribution < -0.4 is 0 Å². The number of carbonyl (C=O) groups is 1. The van der Waals surface area contributed by atoms with Crippen molar-refractivity contribution in [3.05, 3.63) is 17.0 Å². The molecule has 1 atom stereocenters. The van der Waals surface area contributed by atoms with Crippen molar-refractivity contribution in [3.8, 4) is 0 Å². The molecule has 0 aliphatic heterocycles. The lowest BCUT2D eigenvalue weighted by Gasteiger charge is -2.05. The van der Waals surface area contributed by atoms with Crippen molar-refractivity contribution < 1.29 is 15.0 Å². The minimum absolute atomic E-state index is 0.280. The number of aliphatic carboxylic acids is 1. The van der Waals surface area contributed by atoms with E-state index in [1.165, 1.54) is 0 Å². The third-order valence-corrected chi connectivity index (χ3v) is 2.52. The van der Waals surface area contributed by atoms with Gasteiger partial charge in [-0.25, -0.2) is 0 Å². The molecular formula is C9H12N2O3. The largest absolute Gasteiger partial charge is 0.481 e. The van der Waals surface area contributed by atoms with E-state index in [9.17, 15) is 9.90 Å². The van der Waals surface area contributed by atoms with Crippen molar-refractivity contribution in [2.75, 3.05) is 0 Å². The van der Waals surface area contributed by atoms with Gasteiger partial charge in [0.25, 0.3) is 0 Å². The molecular weight excluding hydrogens is 184 g/mol.